The first-order valence-electron chi connectivity index (χ1n) is 25.5. The van der Waals surface area contributed by atoms with Crippen molar-refractivity contribution in [2.45, 2.75) is 84.8 Å². The van der Waals surface area contributed by atoms with Crippen molar-refractivity contribution in [3.8, 4) is 27.7 Å². The first kappa shape index (κ1) is 52.9. The van der Waals surface area contributed by atoms with Gasteiger partial charge in [-0.3, -0.25) is 33.8 Å². The third-order valence-corrected chi connectivity index (χ3v) is 15.3. The zero-order valence-electron chi connectivity index (χ0n) is 43.2. The van der Waals surface area contributed by atoms with Crippen molar-refractivity contribution < 1.29 is 42.6 Å². The number of piperazine rings is 1. The third kappa shape index (κ3) is 11.9. The van der Waals surface area contributed by atoms with Gasteiger partial charge in [0, 0.05) is 75.1 Å². The van der Waals surface area contributed by atoms with Gasteiger partial charge in [0.25, 0.3) is 0 Å². The molecular weight excluding hydrogens is 990 g/mol. The molecule has 0 bridgehead atoms. The van der Waals surface area contributed by atoms with E-state index >= 15 is 0 Å². The second-order valence-corrected chi connectivity index (χ2v) is 21.4. The number of hydrogen-bond donors (Lipinski definition) is 4. The number of methoxy groups -OCH3 is 1. The van der Waals surface area contributed by atoms with Gasteiger partial charge in [0.05, 0.1) is 34.4 Å². The van der Waals surface area contributed by atoms with Gasteiger partial charge in [-0.1, -0.05) is 45.0 Å². The maximum atomic E-state index is 14.2. The van der Waals surface area contributed by atoms with Crippen LogP contribution in [-0.2, 0) is 35.3 Å². The Morgan fingerprint density at radius 1 is 0.816 bits per heavy atom. The Kier molecular flexibility index (Phi) is 15.7. The SMILES string of the molecule is COc1cc2c(Oc3ccc(NC(=O)C4(C(=O)Nc5ccc(F)cc5)CC4)cc3)ccnc2cc1N1CCN(C(=O)CCC(=O)N[C@H](C(=O)N2CCC[C@H]2C(=O)NCc2ccc(-c3scnc3C)cc2)C(C)(C)C)CC1. The Morgan fingerprint density at radius 2 is 1.49 bits per heavy atom. The van der Waals surface area contributed by atoms with Crippen LogP contribution >= 0.6 is 11.3 Å². The summed E-state index contributed by atoms with van der Waals surface area (Å²) < 4.78 is 25.5. The van der Waals surface area contributed by atoms with Gasteiger partial charge in [-0.2, -0.15) is 0 Å². The Bertz CT molecular complexity index is 3130. The molecule has 76 heavy (non-hydrogen) atoms. The van der Waals surface area contributed by atoms with E-state index in [1.54, 1.807) is 64.8 Å². The maximum Gasteiger partial charge on any atom is 0.246 e. The number of carbonyl (C=O) groups excluding carboxylic acids is 6. The van der Waals surface area contributed by atoms with Gasteiger partial charge in [-0.15, -0.1) is 11.3 Å². The molecule has 396 valence electrons. The van der Waals surface area contributed by atoms with Crippen molar-refractivity contribution in [2.24, 2.45) is 10.8 Å². The normalized spacial score (nSPS) is 16.4. The van der Waals surface area contributed by atoms with E-state index in [-0.39, 0.29) is 30.6 Å². The van der Waals surface area contributed by atoms with Crippen molar-refractivity contribution in [2.75, 3.05) is 55.4 Å². The van der Waals surface area contributed by atoms with Gasteiger partial charge in [-0.05, 0) is 116 Å². The summed E-state index contributed by atoms with van der Waals surface area (Å²) in [5.41, 5.74) is 5.28. The molecule has 2 saturated heterocycles. The lowest BCUT2D eigenvalue weighted by Gasteiger charge is -2.37. The summed E-state index contributed by atoms with van der Waals surface area (Å²) in [6.07, 6.45) is 3.51. The molecule has 0 unspecified atom stereocenters. The largest absolute Gasteiger partial charge is 0.495 e. The Labute approximate surface area is 444 Å². The average molecular weight is 1050 g/mol. The first-order valence-corrected chi connectivity index (χ1v) is 26.4. The highest BCUT2D eigenvalue weighted by Crippen LogP contribution is 2.48. The quantitative estimate of drug-likeness (QED) is 0.0641. The number of halogens is 1. The van der Waals surface area contributed by atoms with Crippen LogP contribution in [0.25, 0.3) is 21.3 Å². The van der Waals surface area contributed by atoms with Crippen LogP contribution in [0.1, 0.15) is 70.6 Å². The molecule has 4 N–H and O–H groups in total. The number of nitrogens with one attached hydrogen (secondary N) is 4. The summed E-state index contributed by atoms with van der Waals surface area (Å²) in [4.78, 5) is 96.5. The van der Waals surface area contributed by atoms with Crippen molar-refractivity contribution >= 4 is 74.7 Å². The predicted molar refractivity (Wildman–Crippen MR) is 288 cm³/mol. The van der Waals surface area contributed by atoms with Crippen molar-refractivity contribution in [3.05, 3.63) is 120 Å². The number of amides is 6. The highest BCUT2D eigenvalue weighted by Gasteiger charge is 2.56. The molecule has 2 aliphatic heterocycles. The zero-order valence-corrected chi connectivity index (χ0v) is 44.1. The van der Waals surface area contributed by atoms with Gasteiger partial charge in [0.1, 0.15) is 40.6 Å². The average Bonchev–Trinajstić information content (AvgIpc) is 3.97. The molecule has 17 nitrogen and oxygen atoms in total. The molecule has 0 spiro atoms. The summed E-state index contributed by atoms with van der Waals surface area (Å²) in [6, 6.07) is 24.1. The molecule has 0 radical (unpaired) electrons. The second-order valence-electron chi connectivity index (χ2n) is 20.6. The lowest BCUT2D eigenvalue weighted by molar-refractivity contribution is -0.144. The number of carbonyl (C=O) groups is 6. The molecule has 4 heterocycles. The minimum Gasteiger partial charge on any atom is -0.495 e. The molecule has 2 atom stereocenters. The van der Waals surface area contributed by atoms with Crippen molar-refractivity contribution in [3.63, 3.8) is 0 Å². The van der Waals surface area contributed by atoms with E-state index < -0.39 is 46.5 Å². The van der Waals surface area contributed by atoms with Crippen LogP contribution in [0.4, 0.5) is 21.5 Å². The minimum atomic E-state index is -1.20. The number of ether oxygens (including phenoxy) is 2. The molecule has 3 fully saturated rings. The molecule has 6 aromatic rings. The number of anilines is 3. The Hall–Kier alpha value is -7.93. The Balaban J connectivity index is 0.747. The number of hydrogen-bond acceptors (Lipinski definition) is 12. The molecule has 19 heteroatoms. The highest BCUT2D eigenvalue weighted by molar-refractivity contribution is 7.13. The molecule has 3 aliphatic rings. The second kappa shape index (κ2) is 22.5. The summed E-state index contributed by atoms with van der Waals surface area (Å²) >= 11 is 1.58. The minimum absolute atomic E-state index is 0.0285. The van der Waals surface area contributed by atoms with Gasteiger partial charge in [0.15, 0.2) is 0 Å². The van der Waals surface area contributed by atoms with Gasteiger partial charge >= 0.3 is 0 Å². The van der Waals surface area contributed by atoms with Gasteiger partial charge < -0.3 is 45.4 Å². The highest BCUT2D eigenvalue weighted by atomic mass is 32.1. The fourth-order valence-corrected chi connectivity index (χ4v) is 10.5. The molecule has 1 saturated carbocycles. The van der Waals surface area contributed by atoms with Gasteiger partial charge in [0.2, 0.25) is 35.4 Å². The number of pyridine rings is 1. The van der Waals surface area contributed by atoms with Crippen LogP contribution in [-0.4, -0.2) is 107 Å². The smallest absolute Gasteiger partial charge is 0.246 e. The van der Waals surface area contributed by atoms with Crippen LogP contribution in [0.3, 0.4) is 0 Å². The number of aromatic nitrogens is 2. The van der Waals surface area contributed by atoms with Crippen LogP contribution in [0.15, 0.2) is 103 Å². The summed E-state index contributed by atoms with van der Waals surface area (Å²) in [5.74, 6) is -0.812. The molecule has 4 aromatic carbocycles. The van der Waals surface area contributed by atoms with Crippen LogP contribution < -0.4 is 35.6 Å². The summed E-state index contributed by atoms with van der Waals surface area (Å²) in [5, 5.41) is 12.2. The van der Waals surface area contributed by atoms with E-state index in [1.807, 2.05) is 69.6 Å². The van der Waals surface area contributed by atoms with E-state index in [4.69, 9.17) is 9.47 Å². The lowest BCUT2D eigenvalue weighted by Crippen LogP contribution is -2.57. The fourth-order valence-electron chi connectivity index (χ4n) is 9.67. The molecule has 2 aromatic heterocycles. The standard InChI is InChI=1S/C57H62FN9O8S/c1-35-50(76-34-61-35)37-10-8-36(9-11-37)33-60-52(70)44-7-6-26-67(44)53(71)51(56(2,3)4)64-48(68)20-21-49(69)66-29-27-65(28-30-66)45-32-43-42(31-47(45)74-5)46(22-25-59-43)75-41-18-16-40(17-19-41)63-55(73)57(23-24-57)54(72)62-39-14-12-38(58)13-15-39/h8-19,22,25,31-32,34,44,51H,6-7,20-21,23-24,26-30,33H2,1-5H3,(H,60,70)(H,62,72)(H,63,73)(H,64,68)/t44-,51+/m0/s1. The number of aryl methyl sites for hydroxylation is 1. The molecule has 1 aliphatic carbocycles. The van der Waals surface area contributed by atoms with Crippen molar-refractivity contribution in [1.82, 2.24) is 30.4 Å². The topological polar surface area (TPSA) is 204 Å². The number of fused-ring (bicyclic) bond motifs is 1. The van der Waals surface area contributed by atoms with Crippen LogP contribution in [0, 0.1) is 23.6 Å². The third-order valence-electron chi connectivity index (χ3n) is 14.3. The molecular formula is C57H62FN9O8S. The van der Waals surface area contributed by atoms with E-state index in [2.05, 4.69) is 36.1 Å². The van der Waals surface area contributed by atoms with Crippen LogP contribution in [0.5, 0.6) is 17.2 Å². The number of thiazole rings is 1. The predicted octanol–water partition coefficient (Wildman–Crippen LogP) is 8.23. The maximum absolute atomic E-state index is 14.2. The lowest BCUT2D eigenvalue weighted by atomic mass is 9.85. The van der Waals surface area contributed by atoms with E-state index in [0.717, 1.165) is 27.4 Å². The Morgan fingerprint density at radius 3 is 2.11 bits per heavy atom. The van der Waals surface area contributed by atoms with Crippen LogP contribution in [0.2, 0.25) is 0 Å². The first-order chi connectivity index (χ1) is 36.5. The zero-order chi connectivity index (χ0) is 53.7. The summed E-state index contributed by atoms with van der Waals surface area (Å²) in [7, 11) is 1.59. The van der Waals surface area contributed by atoms with E-state index in [9.17, 15) is 33.2 Å². The van der Waals surface area contributed by atoms with Crippen molar-refractivity contribution in [1.29, 1.82) is 0 Å². The van der Waals surface area contributed by atoms with Gasteiger partial charge in [-0.25, -0.2) is 9.37 Å². The number of benzene rings is 4. The number of nitrogens with zero attached hydrogens (tertiary/aromatic N) is 5. The number of likely N-dealkylation sites (tertiary alicyclic amines) is 1. The van der Waals surface area contributed by atoms with E-state index in [1.165, 1.54) is 24.3 Å². The number of rotatable bonds is 17. The summed E-state index contributed by atoms with van der Waals surface area (Å²) in [6.45, 7) is 10.1. The van der Waals surface area contributed by atoms with E-state index in [0.29, 0.717) is 104 Å². The molecule has 9 rings (SSSR count). The molecule has 6 amide bonds. The fraction of sp³-hybridized carbons (Fsp3) is 0.368. The monoisotopic (exact) mass is 1050 g/mol.